The molecule has 0 atom stereocenters. The molecule has 4 nitrogen and oxygen atoms in total. The molecule has 0 aromatic rings. The smallest absolute Gasteiger partial charge is 0.0110 e. The minimum Gasteiger partial charge on any atom is -0.304 e. The van der Waals surface area contributed by atoms with Crippen LogP contribution in [0.15, 0.2) is 0 Å². The molecule has 0 N–H and O–H groups in total. The number of likely N-dealkylation sites (N-methyl/N-ethyl adjacent to an activating group) is 4. The third kappa shape index (κ3) is 7.31. The summed E-state index contributed by atoms with van der Waals surface area (Å²) in [5, 5.41) is 0. The molecule has 0 spiro atoms. The highest BCUT2D eigenvalue weighted by atomic mass is 15.2. The van der Waals surface area contributed by atoms with E-state index < -0.39 is 0 Å². The van der Waals surface area contributed by atoms with Gasteiger partial charge in [-0.3, -0.25) is 0 Å². The molecule has 2 aliphatic rings. The van der Waals surface area contributed by atoms with E-state index in [0.717, 1.165) is 0 Å². The quantitative estimate of drug-likeness (QED) is 0.688. The van der Waals surface area contributed by atoms with Crippen LogP contribution < -0.4 is 0 Å². The number of hydrogen-bond acceptors (Lipinski definition) is 4. The van der Waals surface area contributed by atoms with Crippen molar-refractivity contribution in [1.82, 2.24) is 19.6 Å². The molecule has 2 aliphatic heterocycles. The fourth-order valence-corrected chi connectivity index (χ4v) is 2.07. The van der Waals surface area contributed by atoms with Crippen LogP contribution in [0.5, 0.6) is 0 Å². The molecule has 2 rings (SSSR count). The molecule has 18 heavy (non-hydrogen) atoms. The molecular weight excluding hydrogens is 224 g/mol. The summed E-state index contributed by atoms with van der Waals surface area (Å²) in [6.07, 6.45) is 0. The Kier molecular flexibility index (Phi) is 9.64. The van der Waals surface area contributed by atoms with Crippen LogP contribution in [0.1, 0.15) is 14.4 Å². The first-order valence-electron chi connectivity index (χ1n) is 6.89. The zero-order valence-corrected chi connectivity index (χ0v) is 12.2. The lowest BCUT2D eigenvalue weighted by Gasteiger charge is -2.31. The van der Waals surface area contributed by atoms with Crippen molar-refractivity contribution in [3.63, 3.8) is 0 Å². The van der Waals surface area contributed by atoms with E-state index in [-0.39, 0.29) is 7.43 Å². The summed E-state index contributed by atoms with van der Waals surface area (Å²) in [5.74, 6) is 0. The zero-order chi connectivity index (χ0) is 12.7. The van der Waals surface area contributed by atoms with Gasteiger partial charge in [-0.15, -0.1) is 0 Å². The first kappa shape index (κ1) is 17.8. The van der Waals surface area contributed by atoms with Gasteiger partial charge >= 0.3 is 0 Å². The molecule has 0 aromatic carbocycles. The second kappa shape index (κ2) is 9.73. The van der Waals surface area contributed by atoms with E-state index in [4.69, 9.17) is 0 Å². The predicted octanol–water partition coefficient (Wildman–Crippen LogP) is 0.753. The molecular formula is C14H34N4. The van der Waals surface area contributed by atoms with Gasteiger partial charge in [0.25, 0.3) is 0 Å². The lowest BCUT2D eigenvalue weighted by atomic mass is 10.3. The van der Waals surface area contributed by atoms with Gasteiger partial charge < -0.3 is 19.6 Å². The molecule has 4 heteroatoms. The minimum atomic E-state index is 0. The molecule has 0 saturated carbocycles. The third-order valence-corrected chi connectivity index (χ3v) is 3.77. The minimum absolute atomic E-state index is 0. The van der Waals surface area contributed by atoms with E-state index in [0.29, 0.717) is 0 Å². The van der Waals surface area contributed by atoms with E-state index in [2.05, 4.69) is 47.7 Å². The van der Waals surface area contributed by atoms with Crippen LogP contribution in [-0.4, -0.2) is 99.6 Å². The summed E-state index contributed by atoms with van der Waals surface area (Å²) in [6.45, 7) is 13.4. The van der Waals surface area contributed by atoms with E-state index >= 15 is 0 Å². The Balaban J connectivity index is 0.000000306. The van der Waals surface area contributed by atoms with Crippen molar-refractivity contribution in [2.45, 2.75) is 14.4 Å². The number of rotatable bonds is 1. The van der Waals surface area contributed by atoms with Crippen molar-refractivity contribution in [3.05, 3.63) is 0 Å². The van der Waals surface area contributed by atoms with Crippen LogP contribution in [-0.2, 0) is 0 Å². The lowest BCUT2D eigenvalue weighted by Crippen LogP contribution is -2.44. The number of hydrogen-bond donors (Lipinski definition) is 0. The molecule has 0 aromatic heterocycles. The molecule has 2 heterocycles. The van der Waals surface area contributed by atoms with Crippen molar-refractivity contribution in [2.75, 3.05) is 80.0 Å². The monoisotopic (exact) mass is 258 g/mol. The van der Waals surface area contributed by atoms with Crippen LogP contribution in [0.4, 0.5) is 0 Å². The maximum absolute atomic E-state index is 2.49. The number of piperazine rings is 2. The summed E-state index contributed by atoms with van der Waals surface area (Å²) in [4.78, 5) is 9.59. The Morgan fingerprint density at radius 3 is 1.17 bits per heavy atom. The third-order valence-electron chi connectivity index (χ3n) is 3.77. The highest BCUT2D eigenvalue weighted by Gasteiger charge is 2.10. The van der Waals surface area contributed by atoms with Crippen LogP contribution >= 0.6 is 0 Å². The first-order valence-corrected chi connectivity index (χ1v) is 6.89. The fourth-order valence-electron chi connectivity index (χ4n) is 2.07. The van der Waals surface area contributed by atoms with Gasteiger partial charge in [0.15, 0.2) is 0 Å². The van der Waals surface area contributed by atoms with Crippen molar-refractivity contribution in [3.8, 4) is 0 Å². The van der Waals surface area contributed by atoms with Gasteiger partial charge in [0, 0.05) is 52.4 Å². The Labute approximate surface area is 115 Å². The molecule has 0 unspecified atom stereocenters. The Morgan fingerprint density at radius 2 is 0.889 bits per heavy atom. The van der Waals surface area contributed by atoms with Gasteiger partial charge in [-0.2, -0.15) is 0 Å². The summed E-state index contributed by atoms with van der Waals surface area (Å²) in [5.41, 5.74) is 0. The average molecular weight is 258 g/mol. The van der Waals surface area contributed by atoms with Gasteiger partial charge in [-0.05, 0) is 27.7 Å². The number of nitrogens with zero attached hydrogens (tertiary/aromatic N) is 4. The Hall–Kier alpha value is -0.160. The van der Waals surface area contributed by atoms with Gasteiger partial charge in [0.2, 0.25) is 0 Å². The highest BCUT2D eigenvalue weighted by Crippen LogP contribution is 1.96. The SMILES string of the molecule is C.CCN1CCN(C)CC1.CN1CCN(C)CC1. The van der Waals surface area contributed by atoms with Crippen LogP contribution in [0.3, 0.4) is 0 Å². The average Bonchev–Trinajstić information content (AvgIpc) is 2.35. The van der Waals surface area contributed by atoms with Gasteiger partial charge in [-0.1, -0.05) is 14.4 Å². The molecule has 2 saturated heterocycles. The summed E-state index contributed by atoms with van der Waals surface area (Å²) < 4.78 is 0. The van der Waals surface area contributed by atoms with Crippen molar-refractivity contribution in [2.24, 2.45) is 0 Å². The second-order valence-corrected chi connectivity index (χ2v) is 5.34. The predicted molar refractivity (Wildman–Crippen MR) is 81.3 cm³/mol. The Morgan fingerprint density at radius 1 is 0.611 bits per heavy atom. The lowest BCUT2D eigenvalue weighted by molar-refractivity contribution is 0.160. The summed E-state index contributed by atoms with van der Waals surface area (Å²) in [6, 6.07) is 0. The van der Waals surface area contributed by atoms with Gasteiger partial charge in [0.1, 0.15) is 0 Å². The van der Waals surface area contributed by atoms with Crippen LogP contribution in [0, 0.1) is 0 Å². The van der Waals surface area contributed by atoms with E-state index in [1.54, 1.807) is 0 Å². The van der Waals surface area contributed by atoms with Crippen molar-refractivity contribution in [1.29, 1.82) is 0 Å². The van der Waals surface area contributed by atoms with Crippen molar-refractivity contribution < 1.29 is 0 Å². The molecule has 0 bridgehead atoms. The molecule has 2 fully saturated rings. The maximum Gasteiger partial charge on any atom is 0.0110 e. The molecule has 0 radical (unpaired) electrons. The first-order chi connectivity index (χ1) is 8.11. The molecule has 0 aliphatic carbocycles. The van der Waals surface area contributed by atoms with E-state index in [1.165, 1.54) is 58.9 Å². The van der Waals surface area contributed by atoms with E-state index in [9.17, 15) is 0 Å². The normalized spacial score (nSPS) is 24.0. The van der Waals surface area contributed by atoms with E-state index in [1.807, 2.05) is 0 Å². The van der Waals surface area contributed by atoms with Crippen molar-refractivity contribution >= 4 is 0 Å². The molecule has 0 amide bonds. The Bertz CT molecular complexity index is 172. The van der Waals surface area contributed by atoms with Crippen LogP contribution in [0.2, 0.25) is 0 Å². The molecule has 110 valence electrons. The topological polar surface area (TPSA) is 13.0 Å². The largest absolute Gasteiger partial charge is 0.304 e. The van der Waals surface area contributed by atoms with Gasteiger partial charge in [0.05, 0.1) is 0 Å². The fraction of sp³-hybridized carbons (Fsp3) is 1.00. The highest BCUT2D eigenvalue weighted by molar-refractivity contribution is 4.67. The second-order valence-electron chi connectivity index (χ2n) is 5.34. The van der Waals surface area contributed by atoms with Crippen LogP contribution in [0.25, 0.3) is 0 Å². The standard InChI is InChI=1S/C7H16N2.C6H14N2.CH4/c1-3-9-6-4-8(2)5-7-9;1-7-3-5-8(2)6-4-7;/h3-7H2,1-2H3;3-6H2,1-2H3;1H4. The zero-order valence-electron chi connectivity index (χ0n) is 12.2. The van der Waals surface area contributed by atoms with Gasteiger partial charge in [-0.25, -0.2) is 0 Å². The summed E-state index contributed by atoms with van der Waals surface area (Å²) >= 11 is 0. The summed E-state index contributed by atoms with van der Waals surface area (Å²) in [7, 11) is 6.53. The maximum atomic E-state index is 2.49.